The van der Waals surface area contributed by atoms with E-state index in [0.29, 0.717) is 5.92 Å². The van der Waals surface area contributed by atoms with Gasteiger partial charge in [0.25, 0.3) is 0 Å². The number of halogens is 1. The quantitative estimate of drug-likeness (QED) is 0.896. The van der Waals surface area contributed by atoms with Crippen LogP contribution in [0.25, 0.3) is 0 Å². The molecule has 1 aromatic carbocycles. The van der Waals surface area contributed by atoms with Gasteiger partial charge >= 0.3 is 0 Å². The Labute approximate surface area is 116 Å². The summed E-state index contributed by atoms with van der Waals surface area (Å²) in [5.41, 5.74) is 6.49. The van der Waals surface area contributed by atoms with Gasteiger partial charge in [0.05, 0.1) is 0 Å². The van der Waals surface area contributed by atoms with Crippen LogP contribution in [0.3, 0.4) is 0 Å². The summed E-state index contributed by atoms with van der Waals surface area (Å²) in [6.07, 6.45) is 5.88. The number of benzene rings is 1. The second-order valence-corrected chi connectivity index (χ2v) is 5.85. The zero-order valence-corrected chi connectivity index (χ0v) is 11.9. The third-order valence-electron chi connectivity index (χ3n) is 3.59. The van der Waals surface area contributed by atoms with Crippen molar-refractivity contribution >= 4 is 27.5 Å². The summed E-state index contributed by atoms with van der Waals surface area (Å²) in [4.78, 5) is 11.6. The number of anilines is 1. The Morgan fingerprint density at radius 2 is 1.83 bits per heavy atom. The molecule has 1 aromatic rings. The van der Waals surface area contributed by atoms with Crippen LogP contribution in [0.2, 0.25) is 0 Å². The molecule has 0 heterocycles. The Morgan fingerprint density at radius 1 is 1.22 bits per heavy atom. The molecule has 1 atom stereocenters. The van der Waals surface area contributed by atoms with Gasteiger partial charge in [-0.3, -0.25) is 4.79 Å². The lowest BCUT2D eigenvalue weighted by molar-refractivity contribution is -0.120. The molecule has 18 heavy (non-hydrogen) atoms. The van der Waals surface area contributed by atoms with Crippen LogP contribution in [0.15, 0.2) is 28.7 Å². The van der Waals surface area contributed by atoms with Crippen molar-refractivity contribution < 1.29 is 4.79 Å². The van der Waals surface area contributed by atoms with Gasteiger partial charge < -0.3 is 11.1 Å². The molecule has 1 aliphatic rings. The van der Waals surface area contributed by atoms with Gasteiger partial charge in [0.1, 0.15) is 6.04 Å². The summed E-state index contributed by atoms with van der Waals surface area (Å²) < 4.78 is 1.03. The summed E-state index contributed by atoms with van der Waals surface area (Å²) in [5.74, 6) is 0.129. The van der Waals surface area contributed by atoms with Crippen molar-refractivity contribution in [3.63, 3.8) is 0 Å². The SMILES string of the molecule is NC(=O)C(Nc1ccc(Br)cc1)C1CCCCC1. The molecule has 1 unspecified atom stereocenters. The summed E-state index contributed by atoms with van der Waals surface area (Å²) in [7, 11) is 0. The van der Waals surface area contributed by atoms with Crippen molar-refractivity contribution in [2.75, 3.05) is 5.32 Å². The fourth-order valence-corrected chi connectivity index (χ4v) is 2.88. The molecule has 1 fully saturated rings. The number of rotatable bonds is 4. The number of amides is 1. The Balaban J connectivity index is 2.05. The molecule has 3 nitrogen and oxygen atoms in total. The van der Waals surface area contributed by atoms with Crippen LogP contribution in [-0.2, 0) is 4.79 Å². The number of nitrogens with two attached hydrogens (primary N) is 1. The molecule has 1 aliphatic carbocycles. The van der Waals surface area contributed by atoms with Crippen LogP contribution in [0.1, 0.15) is 32.1 Å². The second-order valence-electron chi connectivity index (χ2n) is 4.93. The number of carbonyl (C=O) groups excluding carboxylic acids is 1. The van der Waals surface area contributed by atoms with Gasteiger partial charge in [-0.2, -0.15) is 0 Å². The predicted molar refractivity (Wildman–Crippen MR) is 77.3 cm³/mol. The Bertz CT molecular complexity index is 399. The molecule has 1 amide bonds. The van der Waals surface area contributed by atoms with Gasteiger partial charge in [0.15, 0.2) is 0 Å². The van der Waals surface area contributed by atoms with Gasteiger partial charge in [-0.05, 0) is 43.0 Å². The van der Waals surface area contributed by atoms with E-state index >= 15 is 0 Å². The van der Waals surface area contributed by atoms with Crippen molar-refractivity contribution in [2.24, 2.45) is 11.7 Å². The molecule has 4 heteroatoms. The van der Waals surface area contributed by atoms with Crippen LogP contribution in [-0.4, -0.2) is 11.9 Å². The van der Waals surface area contributed by atoms with E-state index in [9.17, 15) is 4.79 Å². The Hall–Kier alpha value is -1.03. The first-order valence-corrected chi connectivity index (χ1v) is 7.27. The van der Waals surface area contributed by atoms with Crippen molar-refractivity contribution in [3.05, 3.63) is 28.7 Å². The molecular weight excluding hydrogens is 292 g/mol. The first kappa shape index (κ1) is 13.4. The van der Waals surface area contributed by atoms with E-state index in [1.54, 1.807) is 0 Å². The van der Waals surface area contributed by atoms with Crippen molar-refractivity contribution in [3.8, 4) is 0 Å². The number of carbonyl (C=O) groups is 1. The second kappa shape index (κ2) is 6.23. The maximum Gasteiger partial charge on any atom is 0.240 e. The molecule has 0 saturated heterocycles. The monoisotopic (exact) mass is 310 g/mol. The molecule has 2 rings (SSSR count). The van der Waals surface area contributed by atoms with Crippen molar-refractivity contribution in [1.29, 1.82) is 0 Å². The lowest BCUT2D eigenvalue weighted by Crippen LogP contribution is -2.42. The highest BCUT2D eigenvalue weighted by molar-refractivity contribution is 9.10. The Kier molecular flexibility index (Phi) is 4.64. The van der Waals surface area contributed by atoms with Crippen LogP contribution in [0.5, 0.6) is 0 Å². The average molecular weight is 311 g/mol. The molecule has 1 saturated carbocycles. The molecule has 0 aromatic heterocycles. The molecular formula is C14H19BrN2O. The van der Waals surface area contributed by atoms with Crippen molar-refractivity contribution in [1.82, 2.24) is 0 Å². The normalized spacial score (nSPS) is 18.3. The molecule has 0 spiro atoms. The molecule has 0 radical (unpaired) electrons. The highest BCUT2D eigenvalue weighted by atomic mass is 79.9. The standard InChI is InChI=1S/C14H19BrN2O/c15-11-6-8-12(9-7-11)17-13(14(16)18)10-4-2-1-3-5-10/h6-10,13,17H,1-5H2,(H2,16,18). The summed E-state index contributed by atoms with van der Waals surface area (Å²) in [5, 5.41) is 3.28. The van der Waals surface area contributed by atoms with E-state index in [1.165, 1.54) is 19.3 Å². The minimum Gasteiger partial charge on any atom is -0.373 e. The van der Waals surface area contributed by atoms with Crippen LogP contribution in [0.4, 0.5) is 5.69 Å². The minimum absolute atomic E-state index is 0.244. The van der Waals surface area contributed by atoms with E-state index in [-0.39, 0.29) is 11.9 Å². The van der Waals surface area contributed by atoms with Crippen LogP contribution < -0.4 is 11.1 Å². The fourth-order valence-electron chi connectivity index (χ4n) is 2.61. The van der Waals surface area contributed by atoms with Gasteiger partial charge in [-0.1, -0.05) is 35.2 Å². The number of primary amides is 1. The van der Waals surface area contributed by atoms with Gasteiger partial charge in [-0.15, -0.1) is 0 Å². The third-order valence-corrected chi connectivity index (χ3v) is 4.12. The third kappa shape index (κ3) is 3.48. The van der Waals surface area contributed by atoms with E-state index in [0.717, 1.165) is 23.0 Å². The largest absolute Gasteiger partial charge is 0.373 e. The molecule has 98 valence electrons. The van der Waals surface area contributed by atoms with Gasteiger partial charge in [0.2, 0.25) is 5.91 Å². The molecule has 3 N–H and O–H groups in total. The number of hydrogen-bond donors (Lipinski definition) is 2. The van der Waals surface area contributed by atoms with Crippen LogP contribution in [0, 0.1) is 5.92 Å². The van der Waals surface area contributed by atoms with E-state index in [1.807, 2.05) is 24.3 Å². The maximum atomic E-state index is 11.6. The van der Waals surface area contributed by atoms with E-state index < -0.39 is 0 Å². The van der Waals surface area contributed by atoms with E-state index in [2.05, 4.69) is 21.2 Å². The highest BCUT2D eigenvalue weighted by Gasteiger charge is 2.27. The van der Waals surface area contributed by atoms with Gasteiger partial charge in [-0.25, -0.2) is 0 Å². The molecule has 0 aliphatic heterocycles. The first-order chi connectivity index (χ1) is 8.66. The zero-order chi connectivity index (χ0) is 13.0. The highest BCUT2D eigenvalue weighted by Crippen LogP contribution is 2.28. The summed E-state index contributed by atoms with van der Waals surface area (Å²) in [6.45, 7) is 0. The van der Waals surface area contributed by atoms with Gasteiger partial charge in [0, 0.05) is 10.2 Å². The summed E-state index contributed by atoms with van der Waals surface area (Å²) >= 11 is 3.40. The smallest absolute Gasteiger partial charge is 0.240 e. The lowest BCUT2D eigenvalue weighted by Gasteiger charge is -2.29. The molecule has 0 bridgehead atoms. The zero-order valence-electron chi connectivity index (χ0n) is 10.4. The number of nitrogens with one attached hydrogen (secondary N) is 1. The minimum atomic E-state index is -0.246. The number of hydrogen-bond acceptors (Lipinski definition) is 2. The maximum absolute atomic E-state index is 11.6. The Morgan fingerprint density at radius 3 is 2.39 bits per heavy atom. The average Bonchev–Trinajstić information content (AvgIpc) is 2.38. The van der Waals surface area contributed by atoms with E-state index in [4.69, 9.17) is 5.73 Å². The van der Waals surface area contributed by atoms with Crippen LogP contribution >= 0.6 is 15.9 Å². The fraction of sp³-hybridized carbons (Fsp3) is 0.500. The first-order valence-electron chi connectivity index (χ1n) is 6.48. The topological polar surface area (TPSA) is 55.1 Å². The summed E-state index contributed by atoms with van der Waals surface area (Å²) in [6, 6.07) is 7.60. The van der Waals surface area contributed by atoms with Crippen molar-refractivity contribution in [2.45, 2.75) is 38.1 Å². The lowest BCUT2D eigenvalue weighted by atomic mass is 9.83. The predicted octanol–water partition coefficient (Wildman–Crippen LogP) is 3.30.